The quantitative estimate of drug-likeness (QED) is 0.668. The first-order valence-electron chi connectivity index (χ1n) is 8.14. The van der Waals surface area contributed by atoms with Crippen molar-refractivity contribution < 1.29 is 8.98 Å². The molecule has 0 saturated heterocycles. The van der Waals surface area contributed by atoms with E-state index in [1.54, 1.807) is 6.92 Å². The Kier molecular flexibility index (Phi) is 4.25. The second kappa shape index (κ2) is 5.89. The van der Waals surface area contributed by atoms with Crippen molar-refractivity contribution in [1.82, 2.24) is 0 Å². The number of benzene rings is 1. The van der Waals surface area contributed by atoms with Gasteiger partial charge in [-0.25, -0.2) is 5.14 Å². The van der Waals surface area contributed by atoms with E-state index in [4.69, 9.17) is 9.32 Å². The number of fused-ring (bicyclic) bond motifs is 3. The fourth-order valence-corrected chi connectivity index (χ4v) is 4.86. The molecule has 120 valence electrons. The molecule has 1 aromatic carbocycles. The van der Waals surface area contributed by atoms with E-state index in [0.29, 0.717) is 23.5 Å². The summed E-state index contributed by atoms with van der Waals surface area (Å²) in [5, 5.41) is 5.38. The molecule has 4 atom stereocenters. The van der Waals surface area contributed by atoms with Crippen LogP contribution in [-0.4, -0.2) is 5.78 Å². The summed E-state index contributed by atoms with van der Waals surface area (Å²) in [6.45, 7) is 6.22. The lowest BCUT2D eigenvalue weighted by atomic mass is 9.54. The van der Waals surface area contributed by atoms with Crippen LogP contribution in [0.5, 0.6) is 5.75 Å². The molecule has 1 saturated carbocycles. The van der Waals surface area contributed by atoms with Gasteiger partial charge in [0.05, 0.1) is 0 Å². The molecule has 3 nitrogen and oxygen atoms in total. The standard InChI is InChI=1S/C18H25NO2S/c1-11-15-6-4-13-10-14(21-22-19)5-7-16(13)17(15)8-9-18(11,3)12(2)20/h5,7,10-11,15,17H,4,6,8-9,19H2,1-3H3. The van der Waals surface area contributed by atoms with Gasteiger partial charge in [-0.3, -0.25) is 4.79 Å². The zero-order valence-corrected chi connectivity index (χ0v) is 14.4. The number of ketones is 1. The summed E-state index contributed by atoms with van der Waals surface area (Å²) in [4.78, 5) is 12.1. The van der Waals surface area contributed by atoms with Crippen LogP contribution in [0.1, 0.15) is 57.1 Å². The highest BCUT2D eigenvalue weighted by molar-refractivity contribution is 7.92. The van der Waals surface area contributed by atoms with E-state index in [1.807, 2.05) is 6.07 Å². The van der Waals surface area contributed by atoms with Crippen molar-refractivity contribution in [2.45, 2.75) is 52.4 Å². The Labute approximate surface area is 137 Å². The van der Waals surface area contributed by atoms with Crippen molar-refractivity contribution >= 4 is 18.0 Å². The molecule has 2 aliphatic carbocycles. The van der Waals surface area contributed by atoms with E-state index < -0.39 is 0 Å². The first-order valence-corrected chi connectivity index (χ1v) is 8.95. The third-order valence-electron chi connectivity index (χ3n) is 6.35. The van der Waals surface area contributed by atoms with Crippen LogP contribution in [0.15, 0.2) is 18.2 Å². The zero-order chi connectivity index (χ0) is 15.9. The van der Waals surface area contributed by atoms with Crippen LogP contribution < -0.4 is 9.32 Å². The molecule has 1 aromatic rings. The first kappa shape index (κ1) is 15.9. The Morgan fingerprint density at radius 3 is 2.86 bits per heavy atom. The van der Waals surface area contributed by atoms with Gasteiger partial charge in [-0.15, -0.1) is 0 Å². The van der Waals surface area contributed by atoms with Gasteiger partial charge in [0, 0.05) is 5.41 Å². The predicted octanol–water partition coefficient (Wildman–Crippen LogP) is 4.26. The summed E-state index contributed by atoms with van der Waals surface area (Å²) in [7, 11) is 0. The predicted molar refractivity (Wildman–Crippen MR) is 90.6 cm³/mol. The minimum absolute atomic E-state index is 0.141. The van der Waals surface area contributed by atoms with Crippen LogP contribution in [0.3, 0.4) is 0 Å². The van der Waals surface area contributed by atoms with Crippen molar-refractivity contribution in [2.75, 3.05) is 0 Å². The smallest absolute Gasteiger partial charge is 0.140 e. The maximum Gasteiger partial charge on any atom is 0.140 e. The van der Waals surface area contributed by atoms with Gasteiger partial charge < -0.3 is 4.18 Å². The van der Waals surface area contributed by atoms with E-state index in [9.17, 15) is 4.79 Å². The van der Waals surface area contributed by atoms with Crippen LogP contribution in [0, 0.1) is 17.3 Å². The normalized spacial score (nSPS) is 33.7. The molecule has 2 aliphatic rings. The van der Waals surface area contributed by atoms with Crippen LogP contribution in [0.25, 0.3) is 0 Å². The van der Waals surface area contributed by atoms with E-state index in [2.05, 4.69) is 26.0 Å². The Morgan fingerprint density at radius 2 is 2.18 bits per heavy atom. The Balaban J connectivity index is 1.90. The Bertz CT molecular complexity index is 588. The first-order chi connectivity index (χ1) is 10.5. The van der Waals surface area contributed by atoms with E-state index in [-0.39, 0.29) is 5.41 Å². The molecule has 2 N–H and O–H groups in total. The van der Waals surface area contributed by atoms with Gasteiger partial charge in [0.25, 0.3) is 0 Å². The van der Waals surface area contributed by atoms with Crippen molar-refractivity contribution in [3.8, 4) is 5.75 Å². The molecule has 0 aliphatic heterocycles. The molecule has 3 rings (SSSR count). The van der Waals surface area contributed by atoms with E-state index in [0.717, 1.165) is 37.2 Å². The third-order valence-corrected chi connectivity index (χ3v) is 6.64. The Hall–Kier alpha value is -1.00. The minimum Gasteiger partial charge on any atom is -0.410 e. The molecule has 0 aromatic heterocycles. The fraction of sp³-hybridized carbons (Fsp3) is 0.611. The Morgan fingerprint density at radius 1 is 1.41 bits per heavy atom. The van der Waals surface area contributed by atoms with Crippen LogP contribution in [0.2, 0.25) is 0 Å². The number of Topliss-reactive ketones (excluding diaryl/α,β-unsaturated/α-hetero) is 1. The van der Waals surface area contributed by atoms with Gasteiger partial charge in [-0.2, -0.15) is 0 Å². The largest absolute Gasteiger partial charge is 0.410 e. The molecule has 4 unspecified atom stereocenters. The van der Waals surface area contributed by atoms with Gasteiger partial charge in [-0.1, -0.05) is 19.9 Å². The average Bonchev–Trinajstić information content (AvgIpc) is 2.50. The fourth-order valence-electron chi connectivity index (χ4n) is 4.64. The maximum absolute atomic E-state index is 12.1. The third kappa shape index (κ3) is 2.46. The topological polar surface area (TPSA) is 52.3 Å². The monoisotopic (exact) mass is 319 g/mol. The molecule has 0 radical (unpaired) electrons. The van der Waals surface area contributed by atoms with E-state index in [1.165, 1.54) is 17.5 Å². The maximum atomic E-state index is 12.1. The number of nitrogens with two attached hydrogens (primary N) is 1. The van der Waals surface area contributed by atoms with Crippen LogP contribution >= 0.6 is 12.2 Å². The number of carbonyl (C=O) groups excluding carboxylic acids is 1. The number of carbonyl (C=O) groups is 1. The number of rotatable bonds is 3. The molecule has 0 amide bonds. The zero-order valence-electron chi connectivity index (χ0n) is 13.6. The van der Waals surface area contributed by atoms with Gasteiger partial charge in [0.1, 0.15) is 23.8 Å². The highest BCUT2D eigenvalue weighted by Crippen LogP contribution is 2.55. The molecule has 0 bridgehead atoms. The lowest BCUT2D eigenvalue weighted by Gasteiger charge is -2.49. The molecular weight excluding hydrogens is 294 g/mol. The SMILES string of the molecule is CC(=O)C1(C)CCC2c3ccc(OSN)cc3CCC2C1C. The highest BCUT2D eigenvalue weighted by atomic mass is 32.2. The van der Waals surface area contributed by atoms with Crippen LogP contribution in [-0.2, 0) is 11.2 Å². The molecule has 4 heteroatoms. The summed E-state index contributed by atoms with van der Waals surface area (Å²) in [5.74, 6) is 2.85. The molecular formula is C18H25NO2S. The van der Waals surface area contributed by atoms with Gasteiger partial charge in [-0.05, 0) is 73.6 Å². The van der Waals surface area contributed by atoms with Crippen molar-refractivity contribution in [1.29, 1.82) is 0 Å². The van der Waals surface area contributed by atoms with Crippen molar-refractivity contribution in [3.63, 3.8) is 0 Å². The van der Waals surface area contributed by atoms with Crippen molar-refractivity contribution in [3.05, 3.63) is 29.3 Å². The van der Waals surface area contributed by atoms with Gasteiger partial charge in [0.2, 0.25) is 0 Å². The second-order valence-corrected chi connectivity index (χ2v) is 7.51. The average molecular weight is 319 g/mol. The van der Waals surface area contributed by atoms with Crippen molar-refractivity contribution in [2.24, 2.45) is 22.4 Å². The van der Waals surface area contributed by atoms with E-state index >= 15 is 0 Å². The van der Waals surface area contributed by atoms with Gasteiger partial charge >= 0.3 is 0 Å². The molecule has 22 heavy (non-hydrogen) atoms. The summed E-state index contributed by atoms with van der Waals surface area (Å²) >= 11 is 0.894. The second-order valence-electron chi connectivity index (χ2n) is 7.15. The molecule has 0 heterocycles. The van der Waals surface area contributed by atoms with Crippen LogP contribution in [0.4, 0.5) is 0 Å². The number of aryl methyl sites for hydroxylation is 1. The summed E-state index contributed by atoms with van der Waals surface area (Å²) in [6.07, 6.45) is 4.35. The highest BCUT2D eigenvalue weighted by Gasteiger charge is 2.48. The van der Waals surface area contributed by atoms with Gasteiger partial charge in [0.15, 0.2) is 0 Å². The molecule has 0 spiro atoms. The number of hydrogen-bond donors (Lipinski definition) is 1. The number of hydrogen-bond acceptors (Lipinski definition) is 4. The summed E-state index contributed by atoms with van der Waals surface area (Å²) < 4.78 is 5.34. The lowest BCUT2D eigenvalue weighted by molar-refractivity contribution is -0.132. The summed E-state index contributed by atoms with van der Waals surface area (Å²) in [6, 6.07) is 6.36. The minimum atomic E-state index is -0.141. The molecule has 1 fully saturated rings. The summed E-state index contributed by atoms with van der Waals surface area (Å²) in [5.41, 5.74) is 2.72. The lowest BCUT2D eigenvalue weighted by Crippen LogP contribution is -2.44.